The molecule has 1 aliphatic carbocycles. The highest BCUT2D eigenvalue weighted by molar-refractivity contribution is 7.90. The van der Waals surface area contributed by atoms with E-state index in [1.807, 2.05) is 6.07 Å². The Morgan fingerprint density at radius 2 is 1.84 bits per heavy atom. The number of carbonyl (C=O) groups excluding carboxylic acids is 3. The Kier molecular flexibility index (Phi) is 8.16. The monoisotopic (exact) mass is 527 g/mol. The standard InChI is InChI=1S/C27H33N3O6S/c1-19(26(32)28-21-10-4-3-5-11-21)29(18-20-9-8-12-22(17-20)36-2)25(31)15-16-30-27(33)23-13-6-7-14-24(23)37(30,34)35/h6-9,12-14,17,19,21H,3-5,10-11,15-16,18H2,1-2H3,(H,28,32)/t19-/m0/s1. The highest BCUT2D eigenvalue weighted by Crippen LogP contribution is 2.30. The summed E-state index contributed by atoms with van der Waals surface area (Å²) in [6.07, 6.45) is 4.86. The summed E-state index contributed by atoms with van der Waals surface area (Å²) in [6, 6.07) is 12.5. The first-order valence-electron chi connectivity index (χ1n) is 12.6. The van der Waals surface area contributed by atoms with E-state index in [2.05, 4.69) is 5.32 Å². The molecule has 0 aromatic heterocycles. The molecule has 4 rings (SSSR count). The molecule has 37 heavy (non-hydrogen) atoms. The van der Waals surface area contributed by atoms with E-state index in [9.17, 15) is 22.8 Å². The van der Waals surface area contributed by atoms with Crippen molar-refractivity contribution in [1.29, 1.82) is 0 Å². The van der Waals surface area contributed by atoms with Crippen LogP contribution in [0.4, 0.5) is 0 Å². The van der Waals surface area contributed by atoms with Crippen molar-refractivity contribution >= 4 is 27.7 Å². The molecule has 0 saturated heterocycles. The second-order valence-electron chi connectivity index (χ2n) is 9.52. The van der Waals surface area contributed by atoms with Crippen LogP contribution >= 0.6 is 0 Å². The molecule has 1 atom stereocenters. The van der Waals surface area contributed by atoms with Gasteiger partial charge in [0.25, 0.3) is 15.9 Å². The predicted octanol–water partition coefficient (Wildman–Crippen LogP) is 3.10. The van der Waals surface area contributed by atoms with Gasteiger partial charge in [-0.15, -0.1) is 0 Å². The quantitative estimate of drug-likeness (QED) is 0.536. The van der Waals surface area contributed by atoms with Crippen LogP contribution in [-0.2, 0) is 26.2 Å². The Balaban J connectivity index is 1.51. The molecule has 2 aromatic rings. The number of nitrogens with one attached hydrogen (secondary N) is 1. The van der Waals surface area contributed by atoms with Gasteiger partial charge in [-0.25, -0.2) is 12.7 Å². The summed E-state index contributed by atoms with van der Waals surface area (Å²) in [4.78, 5) is 40.8. The fourth-order valence-electron chi connectivity index (χ4n) is 4.91. The van der Waals surface area contributed by atoms with Crippen molar-refractivity contribution in [2.75, 3.05) is 13.7 Å². The van der Waals surface area contributed by atoms with Crippen LogP contribution in [0.5, 0.6) is 5.75 Å². The van der Waals surface area contributed by atoms with Gasteiger partial charge in [0, 0.05) is 25.6 Å². The highest BCUT2D eigenvalue weighted by Gasteiger charge is 2.41. The molecule has 1 N–H and O–H groups in total. The lowest BCUT2D eigenvalue weighted by molar-refractivity contribution is -0.141. The third kappa shape index (κ3) is 5.79. The normalized spacial score (nSPS) is 17.7. The van der Waals surface area contributed by atoms with Gasteiger partial charge >= 0.3 is 0 Å². The molecular weight excluding hydrogens is 494 g/mol. The third-order valence-electron chi connectivity index (χ3n) is 7.05. The molecule has 10 heteroatoms. The van der Waals surface area contributed by atoms with Gasteiger partial charge in [0.15, 0.2) is 0 Å². The van der Waals surface area contributed by atoms with Gasteiger partial charge < -0.3 is 15.0 Å². The number of hydrogen-bond donors (Lipinski definition) is 1. The molecule has 1 saturated carbocycles. The van der Waals surface area contributed by atoms with Crippen LogP contribution in [0.2, 0.25) is 0 Å². The fourth-order valence-corrected chi connectivity index (χ4v) is 6.48. The van der Waals surface area contributed by atoms with Crippen LogP contribution in [0.15, 0.2) is 53.4 Å². The van der Waals surface area contributed by atoms with Crippen molar-refractivity contribution in [3.05, 3.63) is 59.7 Å². The smallest absolute Gasteiger partial charge is 0.269 e. The maximum atomic E-state index is 13.5. The number of methoxy groups -OCH3 is 1. The molecule has 198 valence electrons. The zero-order chi connectivity index (χ0) is 26.6. The van der Waals surface area contributed by atoms with Crippen molar-refractivity contribution in [2.45, 2.75) is 69.0 Å². The maximum absolute atomic E-state index is 13.5. The van der Waals surface area contributed by atoms with E-state index in [0.717, 1.165) is 42.0 Å². The lowest BCUT2D eigenvalue weighted by Gasteiger charge is -2.31. The van der Waals surface area contributed by atoms with Crippen LogP contribution in [0, 0.1) is 0 Å². The highest BCUT2D eigenvalue weighted by atomic mass is 32.2. The molecule has 3 amide bonds. The Labute approximate surface area is 217 Å². The van der Waals surface area contributed by atoms with Crippen molar-refractivity contribution in [1.82, 2.24) is 14.5 Å². The van der Waals surface area contributed by atoms with Crippen LogP contribution in [0.25, 0.3) is 0 Å². The first-order chi connectivity index (χ1) is 17.7. The number of rotatable bonds is 9. The molecular formula is C27H33N3O6S. The van der Waals surface area contributed by atoms with Gasteiger partial charge in [-0.3, -0.25) is 14.4 Å². The van der Waals surface area contributed by atoms with E-state index in [0.29, 0.717) is 5.75 Å². The first-order valence-corrected chi connectivity index (χ1v) is 14.0. The Hall–Kier alpha value is -3.40. The molecule has 2 aromatic carbocycles. The number of ether oxygens (including phenoxy) is 1. The summed E-state index contributed by atoms with van der Waals surface area (Å²) in [5.74, 6) is -0.699. The average molecular weight is 528 g/mol. The zero-order valence-electron chi connectivity index (χ0n) is 21.2. The predicted molar refractivity (Wildman–Crippen MR) is 137 cm³/mol. The van der Waals surface area contributed by atoms with Gasteiger partial charge in [0.1, 0.15) is 16.7 Å². The summed E-state index contributed by atoms with van der Waals surface area (Å²) in [7, 11) is -2.47. The molecule has 1 heterocycles. The zero-order valence-corrected chi connectivity index (χ0v) is 22.0. The van der Waals surface area contributed by atoms with Crippen LogP contribution in [0.3, 0.4) is 0 Å². The number of sulfonamides is 1. The molecule has 9 nitrogen and oxygen atoms in total. The van der Waals surface area contributed by atoms with Crippen molar-refractivity contribution < 1.29 is 27.5 Å². The van der Waals surface area contributed by atoms with E-state index >= 15 is 0 Å². The van der Waals surface area contributed by atoms with Crippen molar-refractivity contribution in [3.8, 4) is 5.75 Å². The minimum absolute atomic E-state index is 0.0547. The lowest BCUT2D eigenvalue weighted by atomic mass is 9.95. The van der Waals surface area contributed by atoms with Crippen LogP contribution in [0.1, 0.15) is 61.4 Å². The van der Waals surface area contributed by atoms with Crippen LogP contribution in [-0.4, -0.2) is 61.1 Å². The fraction of sp³-hybridized carbons (Fsp3) is 0.444. The Morgan fingerprint density at radius 1 is 1.11 bits per heavy atom. The topological polar surface area (TPSA) is 113 Å². The summed E-state index contributed by atoms with van der Waals surface area (Å²) in [6.45, 7) is 1.50. The molecule has 2 aliphatic rings. The van der Waals surface area contributed by atoms with E-state index in [4.69, 9.17) is 4.74 Å². The van der Waals surface area contributed by atoms with Crippen molar-refractivity contribution in [3.63, 3.8) is 0 Å². The van der Waals surface area contributed by atoms with Gasteiger partial charge in [-0.2, -0.15) is 0 Å². The molecule has 0 unspecified atom stereocenters. The second-order valence-corrected chi connectivity index (χ2v) is 11.4. The number of amides is 3. The van der Waals surface area contributed by atoms with Gasteiger partial charge in [-0.1, -0.05) is 43.5 Å². The lowest BCUT2D eigenvalue weighted by Crippen LogP contribution is -2.50. The maximum Gasteiger partial charge on any atom is 0.269 e. The van der Waals surface area contributed by atoms with Gasteiger partial charge in [0.2, 0.25) is 11.8 Å². The summed E-state index contributed by atoms with van der Waals surface area (Å²) in [5.41, 5.74) is 0.866. The molecule has 1 fully saturated rings. The Morgan fingerprint density at radius 3 is 2.54 bits per heavy atom. The number of fused-ring (bicyclic) bond motifs is 1. The van der Waals surface area contributed by atoms with E-state index < -0.39 is 27.9 Å². The first kappa shape index (κ1) is 26.7. The van der Waals surface area contributed by atoms with Crippen LogP contribution < -0.4 is 10.1 Å². The average Bonchev–Trinajstić information content (AvgIpc) is 3.10. The number of benzene rings is 2. The summed E-state index contributed by atoms with van der Waals surface area (Å²) in [5, 5.41) is 3.07. The second kappa shape index (κ2) is 11.3. The SMILES string of the molecule is COc1cccc(CN(C(=O)CCN2C(=O)c3ccccc3S2(=O)=O)[C@@H](C)C(=O)NC2CCCCC2)c1. The van der Waals surface area contributed by atoms with E-state index in [-0.39, 0.29) is 41.9 Å². The van der Waals surface area contributed by atoms with Crippen molar-refractivity contribution in [2.24, 2.45) is 0 Å². The summed E-state index contributed by atoms with van der Waals surface area (Å²) >= 11 is 0. The number of carbonyl (C=O) groups is 3. The number of nitrogens with zero attached hydrogens (tertiary/aromatic N) is 2. The minimum atomic E-state index is -4.02. The summed E-state index contributed by atoms with van der Waals surface area (Å²) < 4.78 is 31.8. The Bertz CT molecular complexity index is 1270. The van der Waals surface area contributed by atoms with E-state index in [1.54, 1.807) is 44.4 Å². The molecule has 0 radical (unpaired) electrons. The molecule has 1 aliphatic heterocycles. The van der Waals surface area contributed by atoms with Gasteiger partial charge in [-0.05, 0) is 49.6 Å². The largest absolute Gasteiger partial charge is 0.497 e. The third-order valence-corrected chi connectivity index (χ3v) is 8.89. The molecule has 0 spiro atoms. The molecule has 0 bridgehead atoms. The van der Waals surface area contributed by atoms with E-state index in [1.165, 1.54) is 17.0 Å². The minimum Gasteiger partial charge on any atom is -0.497 e. The number of hydrogen-bond acceptors (Lipinski definition) is 6. The van der Waals surface area contributed by atoms with Gasteiger partial charge in [0.05, 0.1) is 12.7 Å².